The molecule has 11 heteroatoms. The quantitative estimate of drug-likeness (QED) is 0.530. The zero-order chi connectivity index (χ0) is 23.7. The molecule has 1 atom stereocenters. The van der Waals surface area contributed by atoms with Gasteiger partial charge in [0, 0.05) is 13.1 Å². The summed E-state index contributed by atoms with van der Waals surface area (Å²) >= 11 is 0. The summed E-state index contributed by atoms with van der Waals surface area (Å²) in [5.41, 5.74) is -2.41. The van der Waals surface area contributed by atoms with Gasteiger partial charge in [-0.25, -0.2) is 0 Å². The van der Waals surface area contributed by atoms with Crippen molar-refractivity contribution in [2.45, 2.75) is 31.2 Å². The van der Waals surface area contributed by atoms with E-state index in [1.54, 1.807) is 12.1 Å². The van der Waals surface area contributed by atoms with Crippen LogP contribution in [0.2, 0.25) is 0 Å². The maximum Gasteiger partial charge on any atom is 0.416 e. The van der Waals surface area contributed by atoms with Crippen molar-refractivity contribution < 1.29 is 41.0 Å². The van der Waals surface area contributed by atoms with Crippen molar-refractivity contribution in [3.8, 4) is 5.75 Å². The van der Waals surface area contributed by atoms with Crippen LogP contribution >= 0.6 is 0 Å². The number of alkyl halides is 6. The zero-order valence-corrected chi connectivity index (χ0v) is 16.4. The van der Waals surface area contributed by atoms with Gasteiger partial charge in [0.15, 0.2) is 0 Å². The first kappa shape index (κ1) is 23.4. The zero-order valence-electron chi connectivity index (χ0n) is 16.4. The van der Waals surface area contributed by atoms with Crippen LogP contribution in [0.3, 0.4) is 0 Å². The molecule has 0 radical (unpaired) electrons. The molecule has 2 N–H and O–H groups in total. The standard InChI is InChI=1S/C21H18F6N2O3/c22-20(23,24)14-7-13(8-15(10-14)21(25,26)27)5-6-29-16(11-28-18(31)19(29)32)9-12-1-3-17(30)4-2-12/h1-4,7-8,10,16,30H,5-6,9,11H2,(H,28,31)/t16-/m0/s1. The number of carbonyl (C=O) groups excluding carboxylic acids is 2. The highest BCUT2D eigenvalue weighted by molar-refractivity contribution is 6.35. The molecule has 1 aliphatic rings. The fourth-order valence-corrected chi connectivity index (χ4v) is 3.48. The van der Waals surface area contributed by atoms with E-state index in [2.05, 4.69) is 5.32 Å². The monoisotopic (exact) mass is 460 g/mol. The highest BCUT2D eigenvalue weighted by Crippen LogP contribution is 2.36. The van der Waals surface area contributed by atoms with E-state index in [0.29, 0.717) is 12.1 Å². The minimum absolute atomic E-state index is 0.0312. The van der Waals surface area contributed by atoms with Crippen molar-refractivity contribution in [2.75, 3.05) is 13.1 Å². The summed E-state index contributed by atoms with van der Waals surface area (Å²) in [6.45, 7) is -0.171. The molecule has 1 aliphatic heterocycles. The summed E-state index contributed by atoms with van der Waals surface area (Å²) in [5, 5.41) is 11.8. The number of benzene rings is 2. The summed E-state index contributed by atoms with van der Waals surface area (Å²) in [7, 11) is 0. The van der Waals surface area contributed by atoms with Gasteiger partial charge in [0.2, 0.25) is 0 Å². The number of aromatic hydroxyl groups is 1. The lowest BCUT2D eigenvalue weighted by Gasteiger charge is -2.35. The number of hydrogen-bond acceptors (Lipinski definition) is 3. The molecule has 2 aromatic carbocycles. The van der Waals surface area contributed by atoms with Gasteiger partial charge < -0.3 is 15.3 Å². The number of phenols is 1. The molecule has 32 heavy (non-hydrogen) atoms. The van der Waals surface area contributed by atoms with Gasteiger partial charge in [-0.05, 0) is 54.3 Å². The number of amides is 2. The van der Waals surface area contributed by atoms with Crippen LogP contribution in [0, 0.1) is 0 Å². The normalized spacial score (nSPS) is 17.4. The molecule has 172 valence electrons. The fraction of sp³-hybridized carbons (Fsp3) is 0.333. The Bertz CT molecular complexity index is 970. The molecule has 2 aromatic rings. The van der Waals surface area contributed by atoms with Crippen LogP contribution in [0.15, 0.2) is 42.5 Å². The molecule has 0 spiro atoms. The van der Waals surface area contributed by atoms with Crippen molar-refractivity contribution in [3.63, 3.8) is 0 Å². The first-order valence-corrected chi connectivity index (χ1v) is 9.49. The molecule has 0 unspecified atom stereocenters. The summed E-state index contributed by atoms with van der Waals surface area (Å²) in [4.78, 5) is 25.3. The molecule has 0 saturated carbocycles. The number of carbonyl (C=O) groups is 2. The number of phenolic OH excluding ortho intramolecular Hbond substituents is 1. The van der Waals surface area contributed by atoms with Gasteiger partial charge in [0.25, 0.3) is 0 Å². The van der Waals surface area contributed by atoms with Gasteiger partial charge in [-0.3, -0.25) is 9.59 Å². The number of piperazine rings is 1. The molecule has 0 bridgehead atoms. The number of halogens is 6. The van der Waals surface area contributed by atoms with E-state index in [0.717, 1.165) is 10.5 Å². The Labute approximate surface area is 178 Å². The Hall–Kier alpha value is -3.24. The Morgan fingerprint density at radius 2 is 1.47 bits per heavy atom. The lowest BCUT2D eigenvalue weighted by atomic mass is 10.00. The van der Waals surface area contributed by atoms with E-state index in [4.69, 9.17) is 0 Å². The molecule has 0 aromatic heterocycles. The predicted molar refractivity (Wildman–Crippen MR) is 100 cm³/mol. The van der Waals surface area contributed by atoms with Crippen LogP contribution in [-0.4, -0.2) is 41.0 Å². The molecule has 1 heterocycles. The molecule has 3 rings (SSSR count). The van der Waals surface area contributed by atoms with E-state index in [-0.39, 0.29) is 43.3 Å². The highest BCUT2D eigenvalue weighted by Gasteiger charge is 2.37. The van der Waals surface area contributed by atoms with E-state index in [1.165, 1.54) is 12.1 Å². The third-order valence-electron chi connectivity index (χ3n) is 5.09. The smallest absolute Gasteiger partial charge is 0.416 e. The van der Waals surface area contributed by atoms with Gasteiger partial charge in [0.05, 0.1) is 17.2 Å². The van der Waals surface area contributed by atoms with Crippen LogP contribution in [0.1, 0.15) is 22.3 Å². The number of rotatable bonds is 5. The summed E-state index contributed by atoms with van der Waals surface area (Å²) < 4.78 is 78.4. The molecule has 0 aliphatic carbocycles. The van der Waals surface area contributed by atoms with Crippen LogP contribution in [0.25, 0.3) is 0 Å². The minimum atomic E-state index is -4.97. The summed E-state index contributed by atoms with van der Waals surface area (Å²) in [5.74, 6) is -1.78. The lowest BCUT2D eigenvalue weighted by molar-refractivity contribution is -0.150. The van der Waals surface area contributed by atoms with Gasteiger partial charge in [0.1, 0.15) is 5.75 Å². The molecule has 1 saturated heterocycles. The Morgan fingerprint density at radius 1 is 0.906 bits per heavy atom. The van der Waals surface area contributed by atoms with Crippen molar-refractivity contribution in [1.82, 2.24) is 10.2 Å². The average molecular weight is 460 g/mol. The summed E-state index contributed by atoms with van der Waals surface area (Å²) in [6.07, 6.45) is -9.99. The Kier molecular flexibility index (Phi) is 6.38. The Balaban J connectivity index is 1.83. The summed E-state index contributed by atoms with van der Waals surface area (Å²) in [6, 6.07) is 6.79. The number of hydrogen-bond donors (Lipinski definition) is 2. The van der Waals surface area contributed by atoms with E-state index in [1.807, 2.05) is 0 Å². The second kappa shape index (κ2) is 8.71. The van der Waals surface area contributed by atoms with Crippen LogP contribution in [-0.2, 0) is 34.8 Å². The topological polar surface area (TPSA) is 69.6 Å². The maximum absolute atomic E-state index is 13.1. The predicted octanol–water partition coefficient (Wildman–Crippen LogP) is 3.54. The SMILES string of the molecule is O=C1NC[C@H](Cc2ccc(O)cc2)N(CCc2cc(C(F)(F)F)cc(C(F)(F)F)c2)C1=O. The Morgan fingerprint density at radius 3 is 2.00 bits per heavy atom. The number of nitrogens with one attached hydrogen (secondary N) is 1. The van der Waals surface area contributed by atoms with Crippen molar-refractivity contribution >= 4 is 11.8 Å². The molecular formula is C21H18F6N2O3. The second-order valence-electron chi connectivity index (χ2n) is 7.40. The minimum Gasteiger partial charge on any atom is -0.508 e. The van der Waals surface area contributed by atoms with E-state index in [9.17, 15) is 41.0 Å². The first-order chi connectivity index (χ1) is 14.8. The molecule has 5 nitrogen and oxygen atoms in total. The van der Waals surface area contributed by atoms with Gasteiger partial charge in [-0.2, -0.15) is 26.3 Å². The van der Waals surface area contributed by atoms with Crippen molar-refractivity contribution in [2.24, 2.45) is 0 Å². The third kappa shape index (κ3) is 5.51. The van der Waals surface area contributed by atoms with Crippen molar-refractivity contribution in [1.29, 1.82) is 0 Å². The van der Waals surface area contributed by atoms with E-state index < -0.39 is 41.3 Å². The van der Waals surface area contributed by atoms with Crippen LogP contribution < -0.4 is 5.32 Å². The van der Waals surface area contributed by atoms with Gasteiger partial charge in [-0.1, -0.05) is 12.1 Å². The average Bonchev–Trinajstić information content (AvgIpc) is 2.70. The number of nitrogens with zero attached hydrogens (tertiary/aromatic N) is 1. The largest absolute Gasteiger partial charge is 0.508 e. The first-order valence-electron chi connectivity index (χ1n) is 9.49. The van der Waals surface area contributed by atoms with Crippen LogP contribution in [0.5, 0.6) is 5.75 Å². The second-order valence-corrected chi connectivity index (χ2v) is 7.40. The lowest BCUT2D eigenvalue weighted by Crippen LogP contribution is -2.59. The molecular weight excluding hydrogens is 442 g/mol. The maximum atomic E-state index is 13.1. The highest BCUT2D eigenvalue weighted by atomic mass is 19.4. The third-order valence-corrected chi connectivity index (χ3v) is 5.09. The molecule has 2 amide bonds. The van der Waals surface area contributed by atoms with E-state index >= 15 is 0 Å². The fourth-order valence-electron chi connectivity index (χ4n) is 3.48. The van der Waals surface area contributed by atoms with Gasteiger partial charge in [-0.15, -0.1) is 0 Å². The van der Waals surface area contributed by atoms with Crippen molar-refractivity contribution in [3.05, 3.63) is 64.7 Å². The van der Waals surface area contributed by atoms with Gasteiger partial charge >= 0.3 is 24.2 Å². The molecule has 1 fully saturated rings. The van der Waals surface area contributed by atoms with Crippen LogP contribution in [0.4, 0.5) is 26.3 Å².